The number of carbonyl (C=O) groups excluding carboxylic acids is 1. The van der Waals surface area contributed by atoms with E-state index in [1.807, 2.05) is 19.9 Å². The maximum Gasteiger partial charge on any atom is 0.270 e. The molecule has 102 valence electrons. The molecule has 1 aliphatic rings. The lowest BCUT2D eigenvalue weighted by atomic mass is 9.84. The Morgan fingerprint density at radius 3 is 2.84 bits per heavy atom. The minimum absolute atomic E-state index is 0.0425. The molecule has 19 heavy (non-hydrogen) atoms. The Morgan fingerprint density at radius 2 is 2.32 bits per heavy atom. The number of aliphatic hydroxyl groups is 1. The lowest BCUT2D eigenvalue weighted by molar-refractivity contribution is -0.0441. The Morgan fingerprint density at radius 1 is 1.63 bits per heavy atom. The monoisotopic (exact) mass is 261 g/mol. The van der Waals surface area contributed by atoms with Crippen LogP contribution in [0.2, 0.25) is 0 Å². The zero-order chi connectivity index (χ0) is 14.2. The van der Waals surface area contributed by atoms with Gasteiger partial charge in [-0.2, -0.15) is 5.26 Å². The van der Waals surface area contributed by atoms with E-state index in [1.54, 1.807) is 28.8 Å². The fourth-order valence-electron chi connectivity index (χ4n) is 2.41. The van der Waals surface area contributed by atoms with Gasteiger partial charge in [0.2, 0.25) is 0 Å². The van der Waals surface area contributed by atoms with Crippen LogP contribution in [0.3, 0.4) is 0 Å². The Bertz CT molecular complexity index is 539. The molecule has 1 fully saturated rings. The standard InChI is InChI=1S/C14H19N3O2/c1-10-8-17(5-4-14(10,2)19)13(18)12-6-11(7-15)9-16(12)3/h6,9-10,19H,4-5,8H2,1-3H3/t10-,14+/m0/s1. The first-order valence-corrected chi connectivity index (χ1v) is 6.43. The fourth-order valence-corrected chi connectivity index (χ4v) is 2.41. The largest absolute Gasteiger partial charge is 0.390 e. The van der Waals surface area contributed by atoms with Crippen molar-refractivity contribution in [2.45, 2.75) is 25.9 Å². The number of nitriles is 1. The van der Waals surface area contributed by atoms with Crippen LogP contribution in [0.1, 0.15) is 36.3 Å². The summed E-state index contributed by atoms with van der Waals surface area (Å²) in [6.45, 7) is 4.85. The third-order valence-electron chi connectivity index (χ3n) is 4.08. The Labute approximate surface area is 113 Å². The van der Waals surface area contributed by atoms with Crippen LogP contribution in [-0.4, -0.2) is 39.2 Å². The summed E-state index contributed by atoms with van der Waals surface area (Å²) in [5, 5.41) is 19.0. The number of aromatic nitrogens is 1. The molecule has 1 amide bonds. The molecule has 2 rings (SSSR count). The quantitative estimate of drug-likeness (QED) is 0.824. The molecular formula is C14H19N3O2. The molecule has 5 nitrogen and oxygen atoms in total. The van der Waals surface area contributed by atoms with Gasteiger partial charge in [0.05, 0.1) is 11.2 Å². The van der Waals surface area contributed by atoms with Gasteiger partial charge in [-0.15, -0.1) is 0 Å². The summed E-state index contributed by atoms with van der Waals surface area (Å²) >= 11 is 0. The third kappa shape index (κ3) is 2.49. The van der Waals surface area contributed by atoms with Gasteiger partial charge in [0.25, 0.3) is 5.91 Å². The van der Waals surface area contributed by atoms with E-state index in [2.05, 4.69) is 0 Å². The molecule has 1 N–H and O–H groups in total. The highest BCUT2D eigenvalue weighted by Crippen LogP contribution is 2.28. The first kappa shape index (κ1) is 13.6. The van der Waals surface area contributed by atoms with Crippen molar-refractivity contribution >= 4 is 5.91 Å². The second-order valence-electron chi connectivity index (χ2n) is 5.60. The van der Waals surface area contributed by atoms with Gasteiger partial charge in [0, 0.05) is 32.3 Å². The summed E-state index contributed by atoms with van der Waals surface area (Å²) in [5.74, 6) is -0.0349. The molecule has 5 heteroatoms. The highest BCUT2D eigenvalue weighted by Gasteiger charge is 2.36. The molecule has 2 atom stereocenters. The molecule has 0 bridgehead atoms. The van der Waals surface area contributed by atoms with Crippen molar-refractivity contribution in [1.29, 1.82) is 5.26 Å². The van der Waals surface area contributed by atoms with Gasteiger partial charge in [0.15, 0.2) is 0 Å². The molecule has 1 aromatic heterocycles. The van der Waals surface area contributed by atoms with Crippen LogP contribution < -0.4 is 0 Å². The molecule has 0 saturated carbocycles. The number of nitrogens with zero attached hydrogens (tertiary/aromatic N) is 3. The van der Waals surface area contributed by atoms with E-state index in [1.165, 1.54) is 0 Å². The van der Waals surface area contributed by atoms with Crippen LogP contribution in [-0.2, 0) is 7.05 Å². The molecular weight excluding hydrogens is 242 g/mol. The number of rotatable bonds is 1. The molecule has 0 aromatic carbocycles. The van der Waals surface area contributed by atoms with Gasteiger partial charge in [-0.05, 0) is 19.4 Å². The summed E-state index contributed by atoms with van der Waals surface area (Å²) < 4.78 is 1.68. The van der Waals surface area contributed by atoms with Gasteiger partial charge in [-0.1, -0.05) is 6.92 Å². The number of likely N-dealkylation sites (tertiary alicyclic amines) is 1. The topological polar surface area (TPSA) is 69.3 Å². The summed E-state index contributed by atoms with van der Waals surface area (Å²) in [6.07, 6.45) is 2.23. The van der Waals surface area contributed by atoms with E-state index in [-0.39, 0.29) is 11.8 Å². The molecule has 0 radical (unpaired) electrons. The van der Waals surface area contributed by atoms with Crippen LogP contribution in [0, 0.1) is 17.2 Å². The molecule has 1 saturated heterocycles. The summed E-state index contributed by atoms with van der Waals surface area (Å²) in [7, 11) is 1.76. The van der Waals surface area contributed by atoms with Gasteiger partial charge in [0.1, 0.15) is 11.8 Å². The van der Waals surface area contributed by atoms with Crippen molar-refractivity contribution < 1.29 is 9.90 Å². The SMILES string of the molecule is C[C@H]1CN(C(=O)c2cc(C#N)cn2C)CC[C@@]1(C)O. The van der Waals surface area contributed by atoms with E-state index in [9.17, 15) is 9.90 Å². The second-order valence-corrected chi connectivity index (χ2v) is 5.60. The van der Waals surface area contributed by atoms with E-state index >= 15 is 0 Å². The van der Waals surface area contributed by atoms with Crippen molar-refractivity contribution in [2.24, 2.45) is 13.0 Å². The molecule has 0 unspecified atom stereocenters. The van der Waals surface area contributed by atoms with Crippen LogP contribution in [0.25, 0.3) is 0 Å². The average molecular weight is 261 g/mol. The number of hydrogen-bond acceptors (Lipinski definition) is 3. The summed E-state index contributed by atoms with van der Waals surface area (Å²) in [5.41, 5.74) is 0.302. The van der Waals surface area contributed by atoms with Crippen molar-refractivity contribution in [3.8, 4) is 6.07 Å². The first-order chi connectivity index (χ1) is 8.85. The minimum Gasteiger partial charge on any atom is -0.390 e. The number of hydrogen-bond donors (Lipinski definition) is 1. The van der Waals surface area contributed by atoms with Crippen LogP contribution in [0.4, 0.5) is 0 Å². The number of carbonyl (C=O) groups is 1. The number of amides is 1. The molecule has 0 aliphatic carbocycles. The van der Waals surface area contributed by atoms with Gasteiger partial charge >= 0.3 is 0 Å². The van der Waals surface area contributed by atoms with E-state index in [4.69, 9.17) is 5.26 Å². The van der Waals surface area contributed by atoms with Gasteiger partial charge in [-0.3, -0.25) is 4.79 Å². The highest BCUT2D eigenvalue weighted by atomic mass is 16.3. The zero-order valence-electron chi connectivity index (χ0n) is 11.6. The van der Waals surface area contributed by atoms with Crippen molar-refractivity contribution in [1.82, 2.24) is 9.47 Å². The Hall–Kier alpha value is -1.80. The third-order valence-corrected chi connectivity index (χ3v) is 4.08. The Balaban J connectivity index is 2.17. The molecule has 2 heterocycles. The number of aryl methyl sites for hydroxylation is 1. The predicted octanol–water partition coefficient (Wildman–Crippen LogP) is 1.13. The Kier molecular flexibility index (Phi) is 3.38. The van der Waals surface area contributed by atoms with Gasteiger partial charge < -0.3 is 14.6 Å². The zero-order valence-corrected chi connectivity index (χ0v) is 11.6. The normalized spacial score (nSPS) is 27.1. The predicted molar refractivity (Wildman–Crippen MR) is 70.4 cm³/mol. The van der Waals surface area contributed by atoms with E-state index in [0.717, 1.165) is 0 Å². The molecule has 1 aromatic rings. The van der Waals surface area contributed by atoms with Crippen LogP contribution in [0.5, 0.6) is 0 Å². The maximum atomic E-state index is 12.4. The first-order valence-electron chi connectivity index (χ1n) is 6.43. The van der Waals surface area contributed by atoms with E-state index < -0.39 is 5.60 Å². The highest BCUT2D eigenvalue weighted by molar-refractivity contribution is 5.93. The summed E-state index contributed by atoms with van der Waals surface area (Å²) in [4.78, 5) is 14.2. The smallest absolute Gasteiger partial charge is 0.270 e. The minimum atomic E-state index is -0.706. The lowest BCUT2D eigenvalue weighted by Crippen LogP contribution is -2.51. The van der Waals surface area contributed by atoms with Crippen molar-refractivity contribution in [3.05, 3.63) is 23.5 Å². The van der Waals surface area contributed by atoms with Gasteiger partial charge in [-0.25, -0.2) is 0 Å². The van der Waals surface area contributed by atoms with Crippen molar-refractivity contribution in [3.63, 3.8) is 0 Å². The molecule has 1 aliphatic heterocycles. The average Bonchev–Trinajstić information content (AvgIpc) is 2.73. The maximum absolute atomic E-state index is 12.4. The van der Waals surface area contributed by atoms with E-state index in [0.29, 0.717) is 30.8 Å². The van der Waals surface area contributed by atoms with Crippen molar-refractivity contribution in [2.75, 3.05) is 13.1 Å². The number of piperidine rings is 1. The summed E-state index contributed by atoms with van der Waals surface area (Å²) in [6, 6.07) is 3.65. The van der Waals surface area contributed by atoms with Crippen LogP contribution >= 0.6 is 0 Å². The fraction of sp³-hybridized carbons (Fsp3) is 0.571. The second kappa shape index (κ2) is 4.71. The molecule has 0 spiro atoms. The lowest BCUT2D eigenvalue weighted by Gasteiger charge is -2.41. The van der Waals surface area contributed by atoms with Crippen LogP contribution in [0.15, 0.2) is 12.3 Å².